The van der Waals surface area contributed by atoms with Gasteiger partial charge in [-0.1, -0.05) is 42.0 Å². The van der Waals surface area contributed by atoms with Gasteiger partial charge in [0.2, 0.25) is 0 Å². The van der Waals surface area contributed by atoms with Crippen molar-refractivity contribution in [2.75, 3.05) is 20.1 Å². The van der Waals surface area contributed by atoms with Gasteiger partial charge in [-0.2, -0.15) is 5.10 Å². The number of halogens is 1. The van der Waals surface area contributed by atoms with Crippen molar-refractivity contribution in [1.82, 2.24) is 19.7 Å². The second kappa shape index (κ2) is 8.93. The number of carbonyl (C=O) groups excluding carboxylic acids is 1. The highest BCUT2D eigenvalue weighted by Gasteiger charge is 2.41. The largest absolute Gasteiger partial charge is 0.392 e. The van der Waals surface area contributed by atoms with Gasteiger partial charge in [-0.05, 0) is 37.5 Å². The zero-order valence-electron chi connectivity index (χ0n) is 18.6. The molecule has 0 saturated carbocycles. The van der Waals surface area contributed by atoms with Crippen LogP contribution >= 0.6 is 0 Å². The molecular formula is C24H27FN4O4. The number of nitrogens with zero attached hydrogens (tertiary/aromatic N) is 4. The van der Waals surface area contributed by atoms with E-state index >= 15 is 4.39 Å². The van der Waals surface area contributed by atoms with Crippen molar-refractivity contribution in [3.63, 3.8) is 0 Å². The molecule has 0 unspecified atom stereocenters. The lowest BCUT2D eigenvalue weighted by Gasteiger charge is -2.37. The summed E-state index contributed by atoms with van der Waals surface area (Å²) >= 11 is 0. The standard InChI is InChI=1S/C24H27FN4O4/c1-16-3-7-18(8-4-16)21-20(25)22(26-29(21)19-9-5-17(15-30)6-10-19)24(32)11-13-28(14-12-24)23(31)27(2)33/h3-10,30,32-33H,11-15H2,1-2H3. The maximum Gasteiger partial charge on any atom is 0.343 e. The molecule has 174 valence electrons. The minimum absolute atomic E-state index is 0.0752. The summed E-state index contributed by atoms with van der Waals surface area (Å²) < 4.78 is 17.4. The second-order valence-electron chi connectivity index (χ2n) is 8.44. The van der Waals surface area contributed by atoms with E-state index in [1.807, 2.05) is 19.1 Å². The van der Waals surface area contributed by atoms with Crippen molar-refractivity contribution < 1.29 is 24.6 Å². The van der Waals surface area contributed by atoms with E-state index in [0.29, 0.717) is 21.9 Å². The SMILES string of the molecule is Cc1ccc(-c2c(F)c(C3(O)CCN(C(=O)N(C)O)CC3)nn2-c2ccc(CO)cc2)cc1. The van der Waals surface area contributed by atoms with E-state index in [0.717, 1.165) is 5.56 Å². The Hall–Kier alpha value is -3.27. The fourth-order valence-electron chi connectivity index (χ4n) is 4.10. The molecule has 0 spiro atoms. The van der Waals surface area contributed by atoms with Crippen LogP contribution in [0.5, 0.6) is 0 Å². The summed E-state index contributed by atoms with van der Waals surface area (Å²) in [5.41, 5.74) is 1.53. The molecule has 8 nitrogen and oxygen atoms in total. The van der Waals surface area contributed by atoms with Crippen LogP contribution in [0.15, 0.2) is 48.5 Å². The van der Waals surface area contributed by atoms with E-state index < -0.39 is 17.4 Å². The number of hydroxylamine groups is 2. The fourth-order valence-corrected chi connectivity index (χ4v) is 4.10. The molecule has 1 saturated heterocycles. The number of aromatic nitrogens is 2. The van der Waals surface area contributed by atoms with Crippen LogP contribution in [0.3, 0.4) is 0 Å². The first-order valence-corrected chi connectivity index (χ1v) is 10.7. The molecule has 4 rings (SSSR count). The second-order valence-corrected chi connectivity index (χ2v) is 8.44. The van der Waals surface area contributed by atoms with Crippen molar-refractivity contribution in [2.24, 2.45) is 0 Å². The summed E-state index contributed by atoms with van der Waals surface area (Å²) in [6.45, 7) is 2.13. The zero-order valence-corrected chi connectivity index (χ0v) is 18.6. The van der Waals surface area contributed by atoms with Crippen molar-refractivity contribution in [3.05, 3.63) is 71.2 Å². The Labute approximate surface area is 191 Å². The van der Waals surface area contributed by atoms with E-state index in [1.54, 1.807) is 36.4 Å². The number of aliphatic hydroxyl groups is 2. The van der Waals surface area contributed by atoms with Gasteiger partial charge in [0, 0.05) is 25.7 Å². The molecule has 1 aromatic heterocycles. The molecule has 0 atom stereocenters. The Balaban J connectivity index is 1.76. The first-order chi connectivity index (χ1) is 15.7. The van der Waals surface area contributed by atoms with Crippen LogP contribution in [0, 0.1) is 12.7 Å². The summed E-state index contributed by atoms with van der Waals surface area (Å²) in [6, 6.07) is 13.7. The topological polar surface area (TPSA) is 102 Å². The monoisotopic (exact) mass is 454 g/mol. The number of hydrogen-bond acceptors (Lipinski definition) is 5. The minimum Gasteiger partial charge on any atom is -0.392 e. The highest BCUT2D eigenvalue weighted by atomic mass is 19.1. The number of hydrogen-bond donors (Lipinski definition) is 3. The summed E-state index contributed by atoms with van der Waals surface area (Å²) in [7, 11) is 1.24. The summed E-state index contributed by atoms with van der Waals surface area (Å²) in [4.78, 5) is 13.4. The van der Waals surface area contributed by atoms with Gasteiger partial charge in [-0.15, -0.1) is 0 Å². The van der Waals surface area contributed by atoms with E-state index in [1.165, 1.54) is 16.6 Å². The quantitative estimate of drug-likeness (QED) is 0.415. The van der Waals surface area contributed by atoms with E-state index in [-0.39, 0.29) is 43.9 Å². The number of aryl methyl sites for hydroxylation is 1. The number of urea groups is 1. The molecule has 9 heteroatoms. The number of benzene rings is 2. The zero-order chi connectivity index (χ0) is 23.8. The van der Waals surface area contributed by atoms with Crippen LogP contribution in [0.1, 0.15) is 29.7 Å². The number of carbonyl (C=O) groups is 1. The predicted molar refractivity (Wildman–Crippen MR) is 119 cm³/mol. The number of likely N-dealkylation sites (tertiary alicyclic amines) is 1. The molecule has 2 heterocycles. The van der Waals surface area contributed by atoms with Crippen LogP contribution in [-0.4, -0.2) is 61.3 Å². The first-order valence-electron chi connectivity index (χ1n) is 10.7. The predicted octanol–water partition coefficient (Wildman–Crippen LogP) is 3.20. The average Bonchev–Trinajstić information content (AvgIpc) is 3.17. The minimum atomic E-state index is -1.56. The molecule has 0 aliphatic carbocycles. The smallest absolute Gasteiger partial charge is 0.343 e. The normalized spacial score (nSPS) is 15.5. The van der Waals surface area contributed by atoms with E-state index in [9.17, 15) is 20.2 Å². The van der Waals surface area contributed by atoms with Gasteiger partial charge in [0.25, 0.3) is 0 Å². The highest BCUT2D eigenvalue weighted by molar-refractivity contribution is 5.73. The van der Waals surface area contributed by atoms with Crippen LogP contribution in [0.4, 0.5) is 9.18 Å². The van der Waals surface area contributed by atoms with Gasteiger partial charge >= 0.3 is 6.03 Å². The van der Waals surface area contributed by atoms with Gasteiger partial charge in [-0.3, -0.25) is 5.21 Å². The van der Waals surface area contributed by atoms with Crippen LogP contribution < -0.4 is 0 Å². The Bertz CT molecular complexity index is 1130. The number of piperidine rings is 1. The summed E-state index contributed by atoms with van der Waals surface area (Å²) in [5.74, 6) is -0.619. The molecule has 2 amide bonds. The van der Waals surface area contributed by atoms with Gasteiger partial charge in [-0.25, -0.2) is 18.9 Å². The fraction of sp³-hybridized carbons (Fsp3) is 0.333. The van der Waals surface area contributed by atoms with E-state index in [2.05, 4.69) is 5.10 Å². The Morgan fingerprint density at radius 2 is 1.73 bits per heavy atom. The van der Waals surface area contributed by atoms with E-state index in [4.69, 9.17) is 0 Å². The molecule has 1 aliphatic heterocycles. The first kappa shape index (κ1) is 22.9. The lowest BCUT2D eigenvalue weighted by molar-refractivity contribution is -0.0579. The Morgan fingerprint density at radius 3 is 2.27 bits per heavy atom. The lowest BCUT2D eigenvalue weighted by Crippen LogP contribution is -2.48. The number of aliphatic hydroxyl groups excluding tert-OH is 1. The molecule has 33 heavy (non-hydrogen) atoms. The van der Waals surface area contributed by atoms with Gasteiger partial charge in [0.15, 0.2) is 5.82 Å². The van der Waals surface area contributed by atoms with Gasteiger partial charge < -0.3 is 15.1 Å². The molecule has 3 aromatic rings. The maximum atomic E-state index is 15.9. The Morgan fingerprint density at radius 1 is 1.12 bits per heavy atom. The average molecular weight is 455 g/mol. The molecular weight excluding hydrogens is 427 g/mol. The van der Waals surface area contributed by atoms with Crippen molar-refractivity contribution in [3.8, 4) is 16.9 Å². The van der Waals surface area contributed by atoms with Crippen LogP contribution in [-0.2, 0) is 12.2 Å². The third-order valence-corrected chi connectivity index (χ3v) is 6.09. The third kappa shape index (κ3) is 4.35. The number of rotatable bonds is 4. The van der Waals surface area contributed by atoms with Crippen molar-refractivity contribution in [2.45, 2.75) is 32.0 Å². The van der Waals surface area contributed by atoms with Crippen LogP contribution in [0.2, 0.25) is 0 Å². The van der Waals surface area contributed by atoms with Crippen molar-refractivity contribution in [1.29, 1.82) is 0 Å². The molecule has 0 bridgehead atoms. The summed E-state index contributed by atoms with van der Waals surface area (Å²) in [6.07, 6.45) is 0.161. The maximum absolute atomic E-state index is 15.9. The van der Waals surface area contributed by atoms with Gasteiger partial charge in [0.1, 0.15) is 17.0 Å². The van der Waals surface area contributed by atoms with Crippen LogP contribution in [0.25, 0.3) is 16.9 Å². The van der Waals surface area contributed by atoms with Gasteiger partial charge in [0.05, 0.1) is 12.3 Å². The highest BCUT2D eigenvalue weighted by Crippen LogP contribution is 2.38. The third-order valence-electron chi connectivity index (χ3n) is 6.09. The lowest BCUT2D eigenvalue weighted by atomic mass is 9.87. The molecule has 3 N–H and O–H groups in total. The molecule has 2 aromatic carbocycles. The Kier molecular flexibility index (Phi) is 6.20. The molecule has 1 aliphatic rings. The molecule has 1 fully saturated rings. The number of amides is 2. The molecule has 0 radical (unpaired) electrons. The van der Waals surface area contributed by atoms with Crippen molar-refractivity contribution >= 4 is 6.03 Å². The summed E-state index contributed by atoms with van der Waals surface area (Å²) in [5, 5.41) is 35.1.